The minimum Gasteiger partial charge on any atom is -0.478 e. The number of carbonyl (C=O) groups excluding carboxylic acids is 1. The van der Waals surface area contributed by atoms with Crippen LogP contribution in [0.5, 0.6) is 11.5 Å². The molecule has 6 nitrogen and oxygen atoms in total. The number of carbonyl (C=O) groups is 1. The van der Waals surface area contributed by atoms with E-state index in [1.807, 2.05) is 49.7 Å². The summed E-state index contributed by atoms with van der Waals surface area (Å²) < 4.78 is 14.2. The molecule has 2 aromatic heterocycles. The average molecular weight is 423 g/mol. The predicted molar refractivity (Wildman–Crippen MR) is 121 cm³/mol. The maximum atomic E-state index is 13.1. The first kappa shape index (κ1) is 18.8. The summed E-state index contributed by atoms with van der Waals surface area (Å²) in [6.45, 7) is 1.87. The molecule has 4 heterocycles. The van der Waals surface area contributed by atoms with Gasteiger partial charge in [-0.15, -0.1) is 0 Å². The number of allylic oxidation sites excluding steroid dienone is 1. The van der Waals surface area contributed by atoms with Gasteiger partial charge in [-0.3, -0.25) is 14.7 Å². The van der Waals surface area contributed by atoms with Crippen LogP contribution in [0.25, 0.3) is 17.0 Å². The SMILES string of the molecule is Cn1cc(/C=C2\Oc3c(ccc4c3CN(Cc3ccncc3)CO4)C2=O)c2ccccc21. The van der Waals surface area contributed by atoms with E-state index >= 15 is 0 Å². The Morgan fingerprint density at radius 1 is 1.09 bits per heavy atom. The van der Waals surface area contributed by atoms with Gasteiger partial charge >= 0.3 is 0 Å². The van der Waals surface area contributed by atoms with Gasteiger partial charge in [0.2, 0.25) is 5.78 Å². The van der Waals surface area contributed by atoms with Gasteiger partial charge in [-0.1, -0.05) is 18.2 Å². The summed E-state index contributed by atoms with van der Waals surface area (Å²) in [4.78, 5) is 19.4. The number of hydrogen-bond donors (Lipinski definition) is 0. The molecular weight excluding hydrogens is 402 g/mol. The first-order valence-corrected chi connectivity index (χ1v) is 10.6. The number of fused-ring (bicyclic) bond motifs is 4. The van der Waals surface area contributed by atoms with E-state index in [9.17, 15) is 4.79 Å². The molecule has 0 unspecified atom stereocenters. The van der Waals surface area contributed by atoms with Crippen molar-refractivity contribution in [3.8, 4) is 11.5 Å². The van der Waals surface area contributed by atoms with Crippen molar-refractivity contribution in [2.75, 3.05) is 6.73 Å². The standard InChI is InChI=1S/C26H21N3O3/c1-28-14-18(19-4-2-3-5-22(19)28)12-24-25(30)20-6-7-23-21(26(20)32-24)15-29(16-31-23)13-17-8-10-27-11-9-17/h2-12,14H,13,15-16H2,1H3/b24-12-. The van der Waals surface area contributed by atoms with Crippen LogP contribution in [0.2, 0.25) is 0 Å². The van der Waals surface area contributed by atoms with Gasteiger partial charge in [0.1, 0.15) is 18.2 Å². The molecule has 158 valence electrons. The number of para-hydroxylation sites is 1. The Bertz CT molecular complexity index is 1390. The smallest absolute Gasteiger partial charge is 0.231 e. The van der Waals surface area contributed by atoms with Gasteiger partial charge < -0.3 is 14.0 Å². The summed E-state index contributed by atoms with van der Waals surface area (Å²) in [6, 6.07) is 15.8. The number of pyridine rings is 1. The summed E-state index contributed by atoms with van der Waals surface area (Å²) in [5.74, 6) is 1.63. The second-order valence-electron chi connectivity index (χ2n) is 8.19. The Morgan fingerprint density at radius 2 is 1.94 bits per heavy atom. The molecule has 0 N–H and O–H groups in total. The van der Waals surface area contributed by atoms with Crippen molar-refractivity contribution in [3.05, 3.63) is 95.1 Å². The Labute approximate surface area is 185 Å². The number of ether oxygens (including phenoxy) is 2. The highest BCUT2D eigenvalue weighted by Crippen LogP contribution is 2.42. The van der Waals surface area contributed by atoms with E-state index in [4.69, 9.17) is 9.47 Å². The van der Waals surface area contributed by atoms with Crippen molar-refractivity contribution in [2.24, 2.45) is 7.05 Å². The van der Waals surface area contributed by atoms with Crippen molar-refractivity contribution in [1.29, 1.82) is 0 Å². The number of aromatic nitrogens is 2. The van der Waals surface area contributed by atoms with Crippen molar-refractivity contribution >= 4 is 22.8 Å². The molecule has 0 saturated carbocycles. The molecule has 2 aromatic carbocycles. The van der Waals surface area contributed by atoms with Crippen LogP contribution in [-0.2, 0) is 20.1 Å². The monoisotopic (exact) mass is 423 g/mol. The molecule has 0 fully saturated rings. The summed E-state index contributed by atoms with van der Waals surface area (Å²) in [7, 11) is 2.00. The number of hydrogen-bond acceptors (Lipinski definition) is 5. The van der Waals surface area contributed by atoms with Crippen molar-refractivity contribution in [1.82, 2.24) is 14.5 Å². The Kier molecular flexibility index (Phi) is 4.33. The summed E-state index contributed by atoms with van der Waals surface area (Å²) >= 11 is 0. The van der Waals surface area contributed by atoms with Crippen LogP contribution in [0, 0.1) is 0 Å². The highest BCUT2D eigenvalue weighted by molar-refractivity contribution is 6.15. The molecule has 2 aliphatic heterocycles. The molecule has 0 atom stereocenters. The zero-order valence-corrected chi connectivity index (χ0v) is 17.6. The lowest BCUT2D eigenvalue weighted by Gasteiger charge is -2.29. The molecule has 0 spiro atoms. The number of nitrogens with zero attached hydrogens (tertiary/aromatic N) is 3. The third-order valence-electron chi connectivity index (χ3n) is 6.05. The molecule has 0 bridgehead atoms. The number of rotatable bonds is 3. The maximum Gasteiger partial charge on any atom is 0.231 e. The summed E-state index contributed by atoms with van der Waals surface area (Å²) in [6.07, 6.45) is 7.44. The second-order valence-corrected chi connectivity index (χ2v) is 8.19. The van der Waals surface area contributed by atoms with Crippen LogP contribution in [-0.4, -0.2) is 27.0 Å². The Balaban J connectivity index is 1.33. The fourth-order valence-corrected chi connectivity index (χ4v) is 4.48. The number of Topliss-reactive ketones (excluding diaryl/α,β-unsaturated/α-hetero) is 1. The van der Waals surface area contributed by atoms with E-state index in [2.05, 4.69) is 26.6 Å². The van der Waals surface area contributed by atoms with Gasteiger partial charge in [0, 0.05) is 55.2 Å². The van der Waals surface area contributed by atoms with Crippen molar-refractivity contribution in [2.45, 2.75) is 13.1 Å². The lowest BCUT2D eigenvalue weighted by Crippen LogP contribution is -2.31. The average Bonchev–Trinajstić information content (AvgIpc) is 3.32. The molecule has 0 radical (unpaired) electrons. The van der Waals surface area contributed by atoms with E-state index in [1.165, 1.54) is 0 Å². The Morgan fingerprint density at radius 3 is 2.81 bits per heavy atom. The van der Waals surface area contributed by atoms with Gasteiger partial charge in [-0.25, -0.2) is 0 Å². The molecule has 32 heavy (non-hydrogen) atoms. The molecule has 6 rings (SSSR count). The normalized spacial score (nSPS) is 16.7. The molecule has 2 aliphatic rings. The fraction of sp³-hybridized carbons (Fsp3) is 0.154. The minimum atomic E-state index is -0.0954. The van der Waals surface area contributed by atoms with Gasteiger partial charge in [0.15, 0.2) is 5.76 Å². The number of aryl methyl sites for hydroxylation is 1. The highest BCUT2D eigenvalue weighted by atomic mass is 16.5. The highest BCUT2D eigenvalue weighted by Gasteiger charge is 2.33. The van der Waals surface area contributed by atoms with Gasteiger partial charge in [0.05, 0.1) is 11.1 Å². The van der Waals surface area contributed by atoms with Gasteiger partial charge in [-0.2, -0.15) is 0 Å². The molecule has 4 aromatic rings. The van der Waals surface area contributed by atoms with E-state index in [1.54, 1.807) is 18.5 Å². The van der Waals surface area contributed by atoms with Crippen LogP contribution in [0.1, 0.15) is 27.0 Å². The van der Waals surface area contributed by atoms with Crippen molar-refractivity contribution < 1.29 is 14.3 Å². The van der Waals surface area contributed by atoms with E-state index < -0.39 is 0 Å². The van der Waals surface area contributed by atoms with Crippen LogP contribution >= 0.6 is 0 Å². The molecule has 0 amide bonds. The Hall–Kier alpha value is -3.90. The molecule has 0 aliphatic carbocycles. The first-order chi connectivity index (χ1) is 15.7. The first-order valence-electron chi connectivity index (χ1n) is 10.6. The molecular formula is C26H21N3O3. The summed E-state index contributed by atoms with van der Waals surface area (Å²) in [5.41, 5.74) is 4.73. The van der Waals surface area contributed by atoms with Gasteiger partial charge in [0.25, 0.3) is 0 Å². The lowest BCUT2D eigenvalue weighted by atomic mass is 10.0. The van der Waals surface area contributed by atoms with Crippen LogP contribution in [0.15, 0.2) is 72.9 Å². The fourth-order valence-electron chi connectivity index (χ4n) is 4.48. The third-order valence-corrected chi connectivity index (χ3v) is 6.05. The van der Waals surface area contributed by atoms with E-state index in [0.29, 0.717) is 30.3 Å². The zero-order valence-electron chi connectivity index (χ0n) is 17.6. The van der Waals surface area contributed by atoms with E-state index in [0.717, 1.165) is 39.9 Å². The summed E-state index contributed by atoms with van der Waals surface area (Å²) in [5, 5.41) is 1.09. The second kappa shape index (κ2) is 7.35. The largest absolute Gasteiger partial charge is 0.478 e. The van der Waals surface area contributed by atoms with Gasteiger partial charge in [-0.05, 0) is 42.0 Å². The maximum absolute atomic E-state index is 13.1. The predicted octanol–water partition coefficient (Wildman–Crippen LogP) is 4.54. The zero-order chi connectivity index (χ0) is 21.7. The van der Waals surface area contributed by atoms with Crippen LogP contribution in [0.3, 0.4) is 0 Å². The minimum absolute atomic E-state index is 0.0954. The number of benzene rings is 2. The van der Waals surface area contributed by atoms with Crippen LogP contribution < -0.4 is 9.47 Å². The molecule has 0 saturated heterocycles. The third kappa shape index (κ3) is 3.08. The van der Waals surface area contributed by atoms with E-state index in [-0.39, 0.29) is 5.78 Å². The topological polar surface area (TPSA) is 56.6 Å². The number of ketones is 1. The van der Waals surface area contributed by atoms with Crippen LogP contribution in [0.4, 0.5) is 0 Å². The molecule has 6 heteroatoms. The van der Waals surface area contributed by atoms with Crippen molar-refractivity contribution in [3.63, 3.8) is 0 Å². The lowest BCUT2D eigenvalue weighted by molar-refractivity contribution is 0.0872. The quantitative estimate of drug-likeness (QED) is 0.453.